The second-order valence-electron chi connectivity index (χ2n) is 19.2. The molecular weight excluding hydrogens is 885 g/mol. The summed E-state index contributed by atoms with van der Waals surface area (Å²) in [6.45, 7) is 3.92. The van der Waals surface area contributed by atoms with Gasteiger partial charge in [-0.05, 0) is 44.9 Å². The van der Waals surface area contributed by atoms with Crippen molar-refractivity contribution in [2.75, 3.05) is 26.4 Å². The SMILES string of the molecule is CC/C=C\C/C=C\C/C=C\CCCCCCCCCC(=O)OC(COCCCCCCCCCCCCCCCCCCCCCCCCCC)COC1OC(CO)C(O)C(OS(=O)(=O)O)C1O. The predicted molar refractivity (Wildman–Crippen MR) is 276 cm³/mol. The van der Waals surface area contributed by atoms with E-state index >= 15 is 0 Å². The highest BCUT2D eigenvalue weighted by Gasteiger charge is 2.48. The number of carbonyl (C=O) groups excluding carboxylic acids is 1. The third kappa shape index (κ3) is 39.0. The molecule has 13 heteroatoms. The van der Waals surface area contributed by atoms with Gasteiger partial charge in [0.05, 0.1) is 19.8 Å². The van der Waals surface area contributed by atoms with Gasteiger partial charge < -0.3 is 34.3 Å². The molecule has 0 spiro atoms. The first-order valence-electron chi connectivity index (χ1n) is 27.7. The van der Waals surface area contributed by atoms with E-state index in [1.807, 2.05) is 0 Å². The molecule has 1 heterocycles. The molecule has 0 aromatic carbocycles. The van der Waals surface area contributed by atoms with E-state index in [2.05, 4.69) is 54.5 Å². The van der Waals surface area contributed by atoms with Crippen LogP contribution >= 0.6 is 0 Å². The minimum absolute atomic E-state index is 0.0352. The lowest BCUT2D eigenvalue weighted by atomic mass is 9.99. The van der Waals surface area contributed by atoms with E-state index in [1.54, 1.807) is 0 Å². The first-order valence-corrected chi connectivity index (χ1v) is 29.1. The lowest BCUT2D eigenvalue weighted by molar-refractivity contribution is -0.301. The van der Waals surface area contributed by atoms with E-state index in [1.165, 1.54) is 148 Å². The summed E-state index contributed by atoms with van der Waals surface area (Å²) in [7, 11) is -5.07. The van der Waals surface area contributed by atoms with Gasteiger partial charge in [0, 0.05) is 13.0 Å². The maximum Gasteiger partial charge on any atom is 0.397 e. The van der Waals surface area contributed by atoms with Crippen LogP contribution in [-0.4, -0.2) is 97.5 Å². The molecule has 0 aliphatic carbocycles. The fraction of sp³-hybridized carbons (Fsp3) is 0.873. The van der Waals surface area contributed by atoms with Crippen LogP contribution in [0.3, 0.4) is 0 Å². The number of carbonyl (C=O) groups is 1. The Bertz CT molecular complexity index is 1320. The summed E-state index contributed by atoms with van der Waals surface area (Å²) in [5.41, 5.74) is 0. The van der Waals surface area contributed by atoms with Crippen LogP contribution < -0.4 is 0 Å². The average Bonchev–Trinajstić information content (AvgIpc) is 3.31. The summed E-state index contributed by atoms with van der Waals surface area (Å²) in [5, 5.41) is 30.8. The van der Waals surface area contributed by atoms with Gasteiger partial charge in [0.2, 0.25) is 0 Å². The standard InChI is InChI=1S/C55H102O12S/c1-3-5-7-9-11-13-15-17-19-21-22-23-24-25-26-27-29-31-33-35-37-39-41-43-45-63-47-49(48-64-55-53(59)54(67-68(60,61)62)52(58)50(46-56)66-55)65-51(57)44-42-40-38-36-34-32-30-28-20-18-16-14-12-10-8-6-4-2/h6,8,12,14,18,20,49-50,52-56,58-59H,3-5,7,9-11,13,15-17,19,21-48H2,1-2H3,(H,60,61,62)/b8-6-,14-12-,20-18-. The molecule has 1 rings (SSSR count). The molecule has 4 N–H and O–H groups in total. The minimum Gasteiger partial charge on any atom is -0.457 e. The quantitative estimate of drug-likeness (QED) is 0.0197. The Balaban J connectivity index is 2.29. The molecule has 1 saturated heterocycles. The molecule has 68 heavy (non-hydrogen) atoms. The third-order valence-electron chi connectivity index (χ3n) is 12.8. The molecule has 1 aliphatic heterocycles. The lowest BCUT2D eigenvalue weighted by Gasteiger charge is -2.41. The molecular formula is C55H102O12S. The van der Waals surface area contributed by atoms with Crippen molar-refractivity contribution in [1.82, 2.24) is 0 Å². The van der Waals surface area contributed by atoms with E-state index < -0.39 is 59.8 Å². The molecule has 0 aromatic heterocycles. The smallest absolute Gasteiger partial charge is 0.397 e. The Morgan fingerprint density at radius 3 is 1.49 bits per heavy atom. The van der Waals surface area contributed by atoms with Gasteiger partial charge in [-0.2, -0.15) is 8.42 Å². The molecule has 0 radical (unpaired) electrons. The summed E-state index contributed by atoms with van der Waals surface area (Å²) in [6.07, 6.45) is 47.6. The van der Waals surface area contributed by atoms with Gasteiger partial charge in [-0.25, -0.2) is 4.18 Å². The summed E-state index contributed by atoms with van der Waals surface area (Å²) >= 11 is 0. The van der Waals surface area contributed by atoms with E-state index in [0.29, 0.717) is 13.0 Å². The molecule has 1 aliphatic rings. The summed E-state index contributed by atoms with van der Waals surface area (Å²) in [6, 6.07) is 0. The van der Waals surface area contributed by atoms with Crippen LogP contribution in [0.4, 0.5) is 0 Å². The number of hydrogen-bond donors (Lipinski definition) is 4. The minimum atomic E-state index is -5.07. The lowest BCUT2D eigenvalue weighted by Crippen LogP contribution is -2.60. The van der Waals surface area contributed by atoms with Crippen molar-refractivity contribution in [3.05, 3.63) is 36.5 Å². The van der Waals surface area contributed by atoms with E-state index in [0.717, 1.165) is 70.6 Å². The number of rotatable bonds is 49. The van der Waals surface area contributed by atoms with Gasteiger partial charge in [0.15, 0.2) is 6.29 Å². The van der Waals surface area contributed by atoms with Crippen LogP contribution in [0, 0.1) is 0 Å². The fourth-order valence-corrected chi connectivity index (χ4v) is 9.14. The van der Waals surface area contributed by atoms with Crippen LogP contribution in [0.25, 0.3) is 0 Å². The topological polar surface area (TPSA) is 178 Å². The molecule has 6 atom stereocenters. The van der Waals surface area contributed by atoms with Crippen molar-refractivity contribution in [2.24, 2.45) is 0 Å². The van der Waals surface area contributed by atoms with Gasteiger partial charge in [-0.1, -0.05) is 230 Å². The van der Waals surface area contributed by atoms with E-state index in [-0.39, 0.29) is 19.6 Å². The molecule has 400 valence electrons. The van der Waals surface area contributed by atoms with Gasteiger partial charge in [0.25, 0.3) is 0 Å². The number of unbranched alkanes of at least 4 members (excludes halogenated alkanes) is 30. The highest BCUT2D eigenvalue weighted by atomic mass is 32.3. The Hall–Kier alpha value is -1.68. The third-order valence-corrected chi connectivity index (χ3v) is 13.2. The molecule has 1 fully saturated rings. The second kappa shape index (κ2) is 46.4. The Morgan fingerprint density at radius 1 is 0.574 bits per heavy atom. The number of aliphatic hydroxyl groups excluding tert-OH is 3. The normalized spacial score (nSPS) is 19.5. The zero-order valence-corrected chi connectivity index (χ0v) is 44.0. The maximum absolute atomic E-state index is 12.9. The van der Waals surface area contributed by atoms with Crippen molar-refractivity contribution in [1.29, 1.82) is 0 Å². The summed E-state index contributed by atoms with van der Waals surface area (Å²) in [5.74, 6) is -0.405. The number of esters is 1. The maximum atomic E-state index is 12.9. The second-order valence-corrected chi connectivity index (χ2v) is 20.2. The highest BCUT2D eigenvalue weighted by molar-refractivity contribution is 7.80. The largest absolute Gasteiger partial charge is 0.457 e. The Kier molecular flexibility index (Phi) is 43.9. The number of aliphatic hydroxyl groups is 3. The van der Waals surface area contributed by atoms with Crippen LogP contribution in [-0.2, 0) is 38.3 Å². The Morgan fingerprint density at radius 2 is 1.01 bits per heavy atom. The molecule has 0 saturated carbocycles. The van der Waals surface area contributed by atoms with Crippen molar-refractivity contribution in [2.45, 2.75) is 282 Å². The van der Waals surface area contributed by atoms with Gasteiger partial charge in [-0.15, -0.1) is 0 Å². The highest BCUT2D eigenvalue weighted by Crippen LogP contribution is 2.26. The zero-order valence-electron chi connectivity index (χ0n) is 43.2. The first kappa shape index (κ1) is 64.3. The van der Waals surface area contributed by atoms with Crippen molar-refractivity contribution >= 4 is 16.4 Å². The molecule has 0 amide bonds. The fourth-order valence-electron chi connectivity index (χ4n) is 8.63. The van der Waals surface area contributed by atoms with Gasteiger partial charge in [0.1, 0.15) is 30.5 Å². The predicted octanol–water partition coefficient (Wildman–Crippen LogP) is 13.3. The average molecular weight is 987 g/mol. The first-order chi connectivity index (χ1) is 33.1. The van der Waals surface area contributed by atoms with Crippen molar-refractivity contribution < 1.29 is 56.2 Å². The summed E-state index contributed by atoms with van der Waals surface area (Å²) in [4.78, 5) is 12.9. The van der Waals surface area contributed by atoms with E-state index in [9.17, 15) is 33.1 Å². The van der Waals surface area contributed by atoms with Crippen LogP contribution in [0.15, 0.2) is 36.5 Å². The Labute approximate surface area is 415 Å². The number of ether oxygens (including phenoxy) is 4. The van der Waals surface area contributed by atoms with Crippen molar-refractivity contribution in [3.63, 3.8) is 0 Å². The summed E-state index contributed by atoms with van der Waals surface area (Å²) < 4.78 is 59.3. The molecule has 6 unspecified atom stereocenters. The van der Waals surface area contributed by atoms with Crippen molar-refractivity contribution in [3.8, 4) is 0 Å². The number of allylic oxidation sites excluding steroid dienone is 6. The molecule has 0 aromatic rings. The van der Waals surface area contributed by atoms with Crippen LogP contribution in [0.1, 0.15) is 245 Å². The monoisotopic (exact) mass is 987 g/mol. The number of hydrogen-bond acceptors (Lipinski definition) is 11. The molecule has 0 bridgehead atoms. The van der Waals surface area contributed by atoms with E-state index in [4.69, 9.17) is 18.9 Å². The van der Waals surface area contributed by atoms with Gasteiger partial charge in [-0.3, -0.25) is 9.35 Å². The van der Waals surface area contributed by atoms with Crippen LogP contribution in [0.5, 0.6) is 0 Å². The van der Waals surface area contributed by atoms with Gasteiger partial charge >= 0.3 is 16.4 Å². The van der Waals surface area contributed by atoms with Crippen LogP contribution in [0.2, 0.25) is 0 Å². The molecule has 12 nitrogen and oxygen atoms in total. The zero-order chi connectivity index (χ0) is 49.6.